The Hall–Kier alpha value is -1.50. The van der Waals surface area contributed by atoms with Crippen LogP contribution in [0.4, 0.5) is 9.59 Å². The van der Waals surface area contributed by atoms with E-state index in [9.17, 15) is 14.7 Å². The van der Waals surface area contributed by atoms with E-state index in [1.807, 2.05) is 0 Å². The normalized spacial score (nSPS) is 13.3. The van der Waals surface area contributed by atoms with Crippen LogP contribution in [0.1, 0.15) is 48.0 Å². The third-order valence-electron chi connectivity index (χ3n) is 2.03. The zero-order valence-corrected chi connectivity index (χ0v) is 13.8. The van der Waals surface area contributed by atoms with Crippen LogP contribution in [-0.2, 0) is 9.47 Å². The van der Waals surface area contributed by atoms with Gasteiger partial charge in [0.1, 0.15) is 11.2 Å². The number of carbonyl (C=O) groups is 2. The standard InChI is InChI=1S/C14H28N2O5/c1-13(2,3)20-11(18)15-8-7-10(17)9-16-12(19)21-14(4,5)6/h10,17H,7-9H2,1-6H3,(H,15,18)(H,16,19). The fourth-order valence-corrected chi connectivity index (χ4v) is 1.27. The van der Waals surface area contributed by atoms with Crippen LogP contribution in [0.3, 0.4) is 0 Å². The molecule has 0 spiro atoms. The van der Waals surface area contributed by atoms with Gasteiger partial charge in [-0.1, -0.05) is 0 Å². The van der Waals surface area contributed by atoms with Gasteiger partial charge in [0.05, 0.1) is 6.10 Å². The van der Waals surface area contributed by atoms with Crippen molar-refractivity contribution in [3.8, 4) is 0 Å². The molecule has 0 radical (unpaired) electrons. The van der Waals surface area contributed by atoms with E-state index >= 15 is 0 Å². The highest BCUT2D eigenvalue weighted by Gasteiger charge is 2.18. The number of rotatable bonds is 5. The Kier molecular flexibility index (Phi) is 7.49. The topological polar surface area (TPSA) is 96.9 Å². The molecule has 0 aliphatic rings. The number of alkyl carbamates (subject to hydrolysis) is 2. The van der Waals surface area contributed by atoms with Crippen LogP contribution in [-0.4, -0.2) is 47.7 Å². The van der Waals surface area contributed by atoms with E-state index in [0.717, 1.165) is 0 Å². The maximum atomic E-state index is 11.4. The number of nitrogens with one attached hydrogen (secondary N) is 2. The Balaban J connectivity index is 3.79. The molecule has 1 unspecified atom stereocenters. The van der Waals surface area contributed by atoms with Crippen molar-refractivity contribution in [1.29, 1.82) is 0 Å². The first-order chi connectivity index (χ1) is 9.39. The predicted molar refractivity (Wildman–Crippen MR) is 79.1 cm³/mol. The average molecular weight is 304 g/mol. The van der Waals surface area contributed by atoms with Crippen LogP contribution in [0.15, 0.2) is 0 Å². The zero-order valence-electron chi connectivity index (χ0n) is 13.8. The van der Waals surface area contributed by atoms with Gasteiger partial charge in [0.25, 0.3) is 0 Å². The van der Waals surface area contributed by atoms with Gasteiger partial charge in [0.2, 0.25) is 0 Å². The van der Waals surface area contributed by atoms with E-state index in [-0.39, 0.29) is 13.1 Å². The van der Waals surface area contributed by atoms with Crippen molar-refractivity contribution in [2.24, 2.45) is 0 Å². The van der Waals surface area contributed by atoms with Crippen molar-refractivity contribution < 1.29 is 24.2 Å². The van der Waals surface area contributed by atoms with Crippen LogP contribution in [0.5, 0.6) is 0 Å². The van der Waals surface area contributed by atoms with Gasteiger partial charge in [-0.15, -0.1) is 0 Å². The fraction of sp³-hybridized carbons (Fsp3) is 0.857. The molecule has 0 aliphatic carbocycles. The molecule has 21 heavy (non-hydrogen) atoms. The summed E-state index contributed by atoms with van der Waals surface area (Å²) in [6.07, 6.45) is -1.58. The molecule has 2 amide bonds. The Morgan fingerprint density at radius 1 is 0.952 bits per heavy atom. The molecular weight excluding hydrogens is 276 g/mol. The van der Waals surface area contributed by atoms with Crippen molar-refractivity contribution in [2.75, 3.05) is 13.1 Å². The van der Waals surface area contributed by atoms with E-state index in [0.29, 0.717) is 6.42 Å². The predicted octanol–water partition coefficient (Wildman–Crippen LogP) is 1.79. The second kappa shape index (κ2) is 8.07. The highest BCUT2D eigenvalue weighted by Crippen LogP contribution is 2.07. The van der Waals surface area contributed by atoms with Crippen molar-refractivity contribution in [1.82, 2.24) is 10.6 Å². The molecule has 0 aliphatic heterocycles. The summed E-state index contributed by atoms with van der Waals surface area (Å²) in [5.41, 5.74) is -1.13. The SMILES string of the molecule is CC(C)(C)OC(=O)NCCC(O)CNC(=O)OC(C)(C)C. The van der Waals surface area contributed by atoms with Crippen molar-refractivity contribution in [3.63, 3.8) is 0 Å². The molecule has 3 N–H and O–H groups in total. The molecule has 0 aromatic heterocycles. The number of carbonyl (C=O) groups excluding carboxylic acids is 2. The van der Waals surface area contributed by atoms with E-state index in [1.165, 1.54) is 0 Å². The lowest BCUT2D eigenvalue weighted by molar-refractivity contribution is 0.0466. The lowest BCUT2D eigenvalue weighted by Gasteiger charge is -2.21. The quantitative estimate of drug-likeness (QED) is 0.719. The zero-order chi connectivity index (χ0) is 16.7. The molecule has 0 bridgehead atoms. The number of amides is 2. The number of ether oxygens (including phenoxy) is 2. The first-order valence-corrected chi connectivity index (χ1v) is 7.01. The second-order valence-electron chi connectivity index (χ2n) is 6.75. The molecule has 0 heterocycles. The minimum atomic E-state index is -0.771. The average Bonchev–Trinajstić information content (AvgIpc) is 2.21. The van der Waals surface area contributed by atoms with Gasteiger partial charge in [-0.3, -0.25) is 0 Å². The van der Waals surface area contributed by atoms with Gasteiger partial charge < -0.3 is 25.2 Å². The molecule has 1 atom stereocenters. The molecular formula is C14H28N2O5. The molecule has 0 aromatic carbocycles. The summed E-state index contributed by atoms with van der Waals surface area (Å²) in [7, 11) is 0. The molecule has 7 nitrogen and oxygen atoms in total. The molecule has 0 rings (SSSR count). The van der Waals surface area contributed by atoms with E-state index in [2.05, 4.69) is 10.6 Å². The van der Waals surface area contributed by atoms with Gasteiger partial charge in [-0.05, 0) is 48.0 Å². The van der Waals surface area contributed by atoms with Gasteiger partial charge in [-0.25, -0.2) is 9.59 Å². The second-order valence-corrected chi connectivity index (χ2v) is 6.75. The lowest BCUT2D eigenvalue weighted by Crippen LogP contribution is -2.38. The summed E-state index contributed by atoms with van der Waals surface area (Å²) < 4.78 is 10.1. The van der Waals surface area contributed by atoms with Gasteiger partial charge >= 0.3 is 12.2 Å². The van der Waals surface area contributed by atoms with E-state index < -0.39 is 29.5 Å². The minimum Gasteiger partial charge on any atom is -0.444 e. The lowest BCUT2D eigenvalue weighted by atomic mass is 10.2. The van der Waals surface area contributed by atoms with Crippen molar-refractivity contribution >= 4 is 12.2 Å². The van der Waals surface area contributed by atoms with Crippen LogP contribution in [0.25, 0.3) is 0 Å². The summed E-state index contributed by atoms with van der Waals surface area (Å²) in [5.74, 6) is 0. The Morgan fingerprint density at radius 3 is 1.81 bits per heavy atom. The van der Waals surface area contributed by atoms with Gasteiger partial charge in [-0.2, -0.15) is 0 Å². The van der Waals surface area contributed by atoms with Gasteiger partial charge in [0, 0.05) is 13.1 Å². The van der Waals surface area contributed by atoms with Crippen LogP contribution >= 0.6 is 0 Å². The molecule has 0 saturated carbocycles. The first kappa shape index (κ1) is 19.5. The third kappa shape index (κ3) is 13.2. The van der Waals surface area contributed by atoms with Crippen LogP contribution in [0.2, 0.25) is 0 Å². The smallest absolute Gasteiger partial charge is 0.407 e. The number of aliphatic hydroxyl groups is 1. The number of hydrogen-bond acceptors (Lipinski definition) is 5. The highest BCUT2D eigenvalue weighted by atomic mass is 16.6. The Morgan fingerprint density at radius 2 is 1.38 bits per heavy atom. The third-order valence-corrected chi connectivity index (χ3v) is 2.03. The summed E-state index contributed by atoms with van der Waals surface area (Å²) in [5, 5.41) is 14.7. The van der Waals surface area contributed by atoms with Crippen molar-refractivity contribution in [2.45, 2.75) is 65.3 Å². The monoisotopic (exact) mass is 304 g/mol. The number of aliphatic hydroxyl groups excluding tert-OH is 1. The summed E-state index contributed by atoms with van der Waals surface area (Å²) in [6.45, 7) is 10.9. The maximum Gasteiger partial charge on any atom is 0.407 e. The Bertz CT molecular complexity index is 344. The molecule has 0 fully saturated rings. The number of hydrogen-bond donors (Lipinski definition) is 3. The molecule has 0 aromatic rings. The summed E-state index contributed by atoms with van der Waals surface area (Å²) in [4.78, 5) is 22.7. The van der Waals surface area contributed by atoms with Crippen LogP contribution in [0, 0.1) is 0 Å². The van der Waals surface area contributed by atoms with Crippen LogP contribution < -0.4 is 10.6 Å². The first-order valence-electron chi connectivity index (χ1n) is 7.01. The Labute approximate surface area is 126 Å². The van der Waals surface area contributed by atoms with Gasteiger partial charge in [0.15, 0.2) is 0 Å². The van der Waals surface area contributed by atoms with E-state index in [1.54, 1.807) is 41.5 Å². The van der Waals surface area contributed by atoms with Crippen molar-refractivity contribution in [3.05, 3.63) is 0 Å². The van der Waals surface area contributed by atoms with E-state index in [4.69, 9.17) is 9.47 Å². The largest absolute Gasteiger partial charge is 0.444 e. The fourth-order valence-electron chi connectivity index (χ4n) is 1.27. The summed E-state index contributed by atoms with van der Waals surface area (Å²) in [6, 6.07) is 0. The molecule has 7 heteroatoms. The highest BCUT2D eigenvalue weighted by molar-refractivity contribution is 5.68. The molecule has 124 valence electrons. The maximum absolute atomic E-state index is 11.4. The molecule has 0 saturated heterocycles. The minimum absolute atomic E-state index is 0.0604. The summed E-state index contributed by atoms with van der Waals surface area (Å²) >= 11 is 0.